The number of amides is 3. The predicted octanol–water partition coefficient (Wildman–Crippen LogP) is 2.04. The van der Waals surface area contributed by atoms with Gasteiger partial charge in [-0.1, -0.05) is 6.07 Å². The molecule has 1 aliphatic heterocycles. The van der Waals surface area contributed by atoms with Gasteiger partial charge in [-0.05, 0) is 42.0 Å². The Kier molecular flexibility index (Phi) is 6.68. The van der Waals surface area contributed by atoms with E-state index in [2.05, 4.69) is 10.7 Å². The summed E-state index contributed by atoms with van der Waals surface area (Å²) in [5.41, 5.74) is 3.90. The zero-order chi connectivity index (χ0) is 21.7. The highest BCUT2D eigenvalue weighted by molar-refractivity contribution is 8.00. The molecule has 30 heavy (non-hydrogen) atoms. The molecular weight excluding hydrogens is 410 g/mol. The van der Waals surface area contributed by atoms with Crippen molar-refractivity contribution in [2.75, 3.05) is 24.8 Å². The third-order valence-electron chi connectivity index (χ3n) is 4.15. The van der Waals surface area contributed by atoms with Gasteiger partial charge in [0.2, 0.25) is 5.91 Å². The highest BCUT2D eigenvalue weighted by atomic mass is 32.2. The molecule has 1 fully saturated rings. The van der Waals surface area contributed by atoms with E-state index < -0.39 is 11.3 Å². The second-order valence-corrected chi connectivity index (χ2v) is 7.46. The van der Waals surface area contributed by atoms with E-state index >= 15 is 0 Å². The number of methoxy groups -OCH3 is 1. The molecule has 0 spiro atoms. The Hall–Kier alpha value is -3.40. The number of thioether (sulfide) groups is 1. The van der Waals surface area contributed by atoms with Crippen LogP contribution in [0.1, 0.15) is 17.9 Å². The Morgan fingerprint density at radius 2 is 1.97 bits per heavy atom. The van der Waals surface area contributed by atoms with Crippen LogP contribution in [0.2, 0.25) is 0 Å². The van der Waals surface area contributed by atoms with Crippen LogP contribution in [0.3, 0.4) is 0 Å². The number of carbonyl (C=O) groups excluding carboxylic acids is 3. The highest BCUT2D eigenvalue weighted by Gasteiger charge is 2.34. The van der Waals surface area contributed by atoms with Crippen molar-refractivity contribution < 1.29 is 29.0 Å². The van der Waals surface area contributed by atoms with Crippen LogP contribution in [0, 0.1) is 0 Å². The molecule has 3 rings (SSSR count). The zero-order valence-corrected chi connectivity index (χ0v) is 17.2. The lowest BCUT2D eigenvalue weighted by molar-refractivity contribution is -0.140. The number of hydrazine groups is 1. The third-order valence-corrected chi connectivity index (χ3v) is 5.36. The monoisotopic (exact) mass is 431 g/mol. The molecule has 1 saturated heterocycles. The molecule has 0 aromatic heterocycles. The zero-order valence-electron chi connectivity index (χ0n) is 16.4. The number of nitrogens with zero attached hydrogens (tertiary/aromatic N) is 1. The number of anilines is 1. The van der Waals surface area contributed by atoms with Gasteiger partial charge in [0, 0.05) is 12.6 Å². The molecule has 10 heteroatoms. The molecule has 2 aromatic rings. The van der Waals surface area contributed by atoms with Crippen molar-refractivity contribution >= 4 is 35.2 Å². The molecule has 1 atom stereocenters. The minimum atomic E-state index is -0.493. The lowest BCUT2D eigenvalue weighted by Crippen LogP contribution is -2.46. The van der Waals surface area contributed by atoms with Crippen LogP contribution < -0.4 is 20.2 Å². The fourth-order valence-electron chi connectivity index (χ4n) is 2.79. The van der Waals surface area contributed by atoms with E-state index in [0.29, 0.717) is 17.0 Å². The van der Waals surface area contributed by atoms with Crippen LogP contribution in [-0.4, -0.2) is 47.3 Å². The van der Waals surface area contributed by atoms with Crippen molar-refractivity contribution in [3.8, 4) is 17.2 Å². The maximum Gasteiger partial charge on any atom is 0.276 e. The summed E-state index contributed by atoms with van der Waals surface area (Å²) < 4.78 is 10.6. The Labute approximate surface area is 177 Å². The van der Waals surface area contributed by atoms with E-state index in [1.807, 2.05) is 0 Å². The standard InChI is InChI=1S/C20H21N3O6S/c1-12(24)21-14-4-6-15(7-5-14)29-10-18(26)22-23-19(27)11-30-20(23)13-3-8-16(25)17(9-13)28-2/h3-9,20,25H,10-11H2,1-2H3,(H,21,24)(H,22,26). The first kappa shape index (κ1) is 21.3. The van der Waals surface area contributed by atoms with Crippen LogP contribution in [0.4, 0.5) is 5.69 Å². The molecule has 9 nitrogen and oxygen atoms in total. The van der Waals surface area contributed by atoms with E-state index in [-0.39, 0.29) is 35.7 Å². The Morgan fingerprint density at radius 1 is 1.23 bits per heavy atom. The van der Waals surface area contributed by atoms with E-state index in [1.165, 1.54) is 36.9 Å². The summed E-state index contributed by atoms with van der Waals surface area (Å²) in [5.74, 6) is 0.00389. The summed E-state index contributed by atoms with van der Waals surface area (Å²) in [5, 5.41) is 13.2. The lowest BCUT2D eigenvalue weighted by Gasteiger charge is -2.25. The Bertz CT molecular complexity index is 950. The van der Waals surface area contributed by atoms with E-state index in [9.17, 15) is 19.5 Å². The number of benzene rings is 2. The Morgan fingerprint density at radius 3 is 2.63 bits per heavy atom. The number of phenolic OH excluding ortho intramolecular Hbond substituents is 1. The molecule has 1 heterocycles. The first-order valence-corrected chi connectivity index (χ1v) is 10.0. The van der Waals surface area contributed by atoms with Crippen LogP contribution in [0.15, 0.2) is 42.5 Å². The second kappa shape index (κ2) is 9.40. The minimum Gasteiger partial charge on any atom is -0.504 e. The number of carbonyl (C=O) groups is 3. The van der Waals surface area contributed by atoms with Crippen molar-refractivity contribution in [2.45, 2.75) is 12.3 Å². The number of hydrogen-bond donors (Lipinski definition) is 3. The molecule has 1 unspecified atom stereocenters. The van der Waals surface area contributed by atoms with Gasteiger partial charge < -0.3 is 19.9 Å². The van der Waals surface area contributed by atoms with Gasteiger partial charge in [-0.2, -0.15) is 0 Å². The molecule has 158 valence electrons. The molecule has 3 N–H and O–H groups in total. The number of hydrogen-bond acceptors (Lipinski definition) is 7. The number of phenols is 1. The van der Waals surface area contributed by atoms with Crippen molar-refractivity contribution in [3.63, 3.8) is 0 Å². The topological polar surface area (TPSA) is 117 Å². The summed E-state index contributed by atoms with van der Waals surface area (Å²) in [4.78, 5) is 35.6. The van der Waals surface area contributed by atoms with Crippen molar-refractivity contribution in [1.29, 1.82) is 0 Å². The smallest absolute Gasteiger partial charge is 0.276 e. The summed E-state index contributed by atoms with van der Waals surface area (Å²) >= 11 is 1.35. The van der Waals surface area contributed by atoms with Crippen LogP contribution in [0.5, 0.6) is 17.2 Å². The van der Waals surface area contributed by atoms with Gasteiger partial charge in [0.25, 0.3) is 11.8 Å². The van der Waals surface area contributed by atoms with Gasteiger partial charge >= 0.3 is 0 Å². The average molecular weight is 431 g/mol. The van der Waals surface area contributed by atoms with Crippen LogP contribution in [-0.2, 0) is 14.4 Å². The molecule has 0 bridgehead atoms. The molecule has 0 aliphatic carbocycles. The van der Waals surface area contributed by atoms with Gasteiger partial charge in [0.1, 0.15) is 11.1 Å². The van der Waals surface area contributed by atoms with Crippen LogP contribution in [0.25, 0.3) is 0 Å². The number of ether oxygens (including phenoxy) is 2. The number of aromatic hydroxyl groups is 1. The fourth-order valence-corrected chi connectivity index (χ4v) is 3.89. The van der Waals surface area contributed by atoms with Crippen molar-refractivity contribution in [2.24, 2.45) is 0 Å². The summed E-state index contributed by atoms with van der Waals surface area (Å²) in [6.45, 7) is 1.12. The molecule has 0 radical (unpaired) electrons. The van der Waals surface area contributed by atoms with Gasteiger partial charge in [0.15, 0.2) is 18.1 Å². The fraction of sp³-hybridized carbons (Fsp3) is 0.250. The minimum absolute atomic E-state index is 0.0101. The Balaban J connectivity index is 1.60. The SMILES string of the molecule is COc1cc(C2SCC(=O)N2NC(=O)COc2ccc(NC(C)=O)cc2)ccc1O. The number of rotatable bonds is 7. The van der Waals surface area contributed by atoms with E-state index in [1.54, 1.807) is 36.4 Å². The molecule has 3 amide bonds. The maximum atomic E-state index is 12.3. The van der Waals surface area contributed by atoms with Gasteiger partial charge in [-0.15, -0.1) is 11.8 Å². The first-order chi connectivity index (χ1) is 14.4. The largest absolute Gasteiger partial charge is 0.504 e. The van der Waals surface area contributed by atoms with Gasteiger partial charge in [0.05, 0.1) is 12.9 Å². The lowest BCUT2D eigenvalue weighted by atomic mass is 10.2. The summed E-state index contributed by atoms with van der Waals surface area (Å²) in [6.07, 6.45) is 0. The van der Waals surface area contributed by atoms with Crippen LogP contribution >= 0.6 is 11.8 Å². The average Bonchev–Trinajstić information content (AvgIpc) is 3.07. The molecule has 0 saturated carbocycles. The van der Waals surface area contributed by atoms with Crippen molar-refractivity contribution in [1.82, 2.24) is 10.4 Å². The van der Waals surface area contributed by atoms with E-state index in [0.717, 1.165) is 0 Å². The summed E-state index contributed by atoms with van der Waals surface area (Å²) in [6, 6.07) is 11.3. The first-order valence-electron chi connectivity index (χ1n) is 8.98. The molecular formula is C20H21N3O6S. The van der Waals surface area contributed by atoms with E-state index in [4.69, 9.17) is 9.47 Å². The van der Waals surface area contributed by atoms with Gasteiger partial charge in [-0.25, -0.2) is 5.01 Å². The quantitative estimate of drug-likeness (QED) is 0.614. The highest BCUT2D eigenvalue weighted by Crippen LogP contribution is 2.40. The maximum absolute atomic E-state index is 12.3. The molecule has 2 aromatic carbocycles. The van der Waals surface area contributed by atoms with Crippen molar-refractivity contribution in [3.05, 3.63) is 48.0 Å². The molecule has 1 aliphatic rings. The van der Waals surface area contributed by atoms with Gasteiger partial charge in [-0.3, -0.25) is 19.8 Å². The second-order valence-electron chi connectivity index (χ2n) is 6.39. The number of nitrogens with one attached hydrogen (secondary N) is 2. The third kappa shape index (κ3) is 5.15. The summed E-state index contributed by atoms with van der Waals surface area (Å²) in [7, 11) is 1.44. The predicted molar refractivity (Wildman–Crippen MR) is 111 cm³/mol. The normalized spacial score (nSPS) is 15.6.